The van der Waals surface area contributed by atoms with E-state index < -0.39 is 5.97 Å². The van der Waals surface area contributed by atoms with E-state index in [0.29, 0.717) is 12.8 Å². The van der Waals surface area contributed by atoms with E-state index in [1.54, 1.807) is 12.4 Å². The van der Waals surface area contributed by atoms with Crippen LogP contribution < -0.4 is 5.73 Å². The van der Waals surface area contributed by atoms with Gasteiger partial charge in [-0.15, -0.1) is 0 Å². The smallest absolute Gasteiger partial charge is 0.303 e. The molecule has 0 unspecified atom stereocenters. The monoisotopic (exact) mass is 194 g/mol. The first-order valence-electron chi connectivity index (χ1n) is 4.57. The largest absolute Gasteiger partial charge is 0.481 e. The minimum absolute atomic E-state index is 0.0858. The number of pyridine rings is 1. The third-order valence-electron chi connectivity index (χ3n) is 2.04. The van der Waals surface area contributed by atoms with E-state index in [-0.39, 0.29) is 12.5 Å². The topological polar surface area (TPSA) is 76.2 Å². The number of carboxylic acids is 1. The molecule has 0 aromatic carbocycles. The highest BCUT2D eigenvalue weighted by molar-refractivity contribution is 5.66. The molecule has 0 spiro atoms. The molecule has 4 heteroatoms. The number of carbonyl (C=O) groups is 1. The first-order chi connectivity index (χ1) is 6.70. The van der Waals surface area contributed by atoms with Gasteiger partial charge < -0.3 is 10.8 Å². The van der Waals surface area contributed by atoms with E-state index in [2.05, 4.69) is 4.98 Å². The Labute approximate surface area is 82.8 Å². The molecule has 0 bridgehead atoms. The summed E-state index contributed by atoms with van der Waals surface area (Å²) in [5.74, 6) is -0.771. The van der Waals surface area contributed by atoms with Crippen LogP contribution in [0.4, 0.5) is 0 Å². The lowest BCUT2D eigenvalue weighted by Gasteiger charge is -2.10. The summed E-state index contributed by atoms with van der Waals surface area (Å²) in [7, 11) is 0. The molecule has 1 rings (SSSR count). The van der Waals surface area contributed by atoms with Crippen molar-refractivity contribution < 1.29 is 9.90 Å². The molecular weight excluding hydrogens is 180 g/mol. The number of carboxylic acid groups (broad SMARTS) is 1. The first-order valence-corrected chi connectivity index (χ1v) is 4.57. The SMILES string of the molecule is N[C@H](CCCC(=O)O)c1ccncc1. The van der Waals surface area contributed by atoms with Crippen molar-refractivity contribution in [3.05, 3.63) is 30.1 Å². The lowest BCUT2D eigenvalue weighted by atomic mass is 10.0. The molecule has 0 aliphatic carbocycles. The molecule has 1 atom stereocenters. The lowest BCUT2D eigenvalue weighted by molar-refractivity contribution is -0.137. The summed E-state index contributed by atoms with van der Waals surface area (Å²) < 4.78 is 0. The van der Waals surface area contributed by atoms with Gasteiger partial charge in [0.25, 0.3) is 0 Å². The van der Waals surface area contributed by atoms with Gasteiger partial charge in [0.15, 0.2) is 0 Å². The fourth-order valence-corrected chi connectivity index (χ4v) is 1.25. The summed E-state index contributed by atoms with van der Waals surface area (Å²) in [4.78, 5) is 14.2. The summed E-state index contributed by atoms with van der Waals surface area (Å²) >= 11 is 0. The van der Waals surface area contributed by atoms with Gasteiger partial charge in [-0.05, 0) is 30.5 Å². The molecule has 0 saturated carbocycles. The van der Waals surface area contributed by atoms with Gasteiger partial charge in [-0.25, -0.2) is 0 Å². The third-order valence-corrected chi connectivity index (χ3v) is 2.04. The van der Waals surface area contributed by atoms with Gasteiger partial charge in [0.1, 0.15) is 0 Å². The van der Waals surface area contributed by atoms with E-state index >= 15 is 0 Å². The van der Waals surface area contributed by atoms with E-state index in [9.17, 15) is 4.79 Å². The lowest BCUT2D eigenvalue weighted by Crippen LogP contribution is -2.10. The number of hydrogen-bond donors (Lipinski definition) is 2. The fraction of sp³-hybridized carbons (Fsp3) is 0.400. The molecule has 0 aliphatic rings. The van der Waals surface area contributed by atoms with Crippen LogP contribution >= 0.6 is 0 Å². The van der Waals surface area contributed by atoms with E-state index in [0.717, 1.165) is 5.56 Å². The molecule has 0 aliphatic heterocycles. The number of hydrogen-bond acceptors (Lipinski definition) is 3. The van der Waals surface area contributed by atoms with Crippen molar-refractivity contribution in [2.24, 2.45) is 5.73 Å². The maximum absolute atomic E-state index is 10.3. The molecule has 0 radical (unpaired) electrons. The Morgan fingerprint density at radius 1 is 1.50 bits per heavy atom. The van der Waals surface area contributed by atoms with Crippen LogP contribution in [0.1, 0.15) is 30.9 Å². The van der Waals surface area contributed by atoms with Crippen LogP contribution in [-0.2, 0) is 4.79 Å². The summed E-state index contributed by atoms with van der Waals surface area (Å²) in [6, 6.07) is 3.62. The van der Waals surface area contributed by atoms with Crippen LogP contribution in [0.15, 0.2) is 24.5 Å². The highest BCUT2D eigenvalue weighted by Gasteiger charge is 2.06. The Morgan fingerprint density at radius 3 is 2.71 bits per heavy atom. The maximum atomic E-state index is 10.3. The number of nitrogens with zero attached hydrogens (tertiary/aromatic N) is 1. The van der Waals surface area contributed by atoms with Crippen LogP contribution in [-0.4, -0.2) is 16.1 Å². The molecule has 1 aromatic heterocycles. The Morgan fingerprint density at radius 2 is 2.14 bits per heavy atom. The van der Waals surface area contributed by atoms with Gasteiger partial charge in [-0.1, -0.05) is 0 Å². The van der Waals surface area contributed by atoms with Crippen LogP contribution in [0.3, 0.4) is 0 Å². The molecule has 1 heterocycles. The Kier molecular flexibility index (Phi) is 4.07. The molecule has 0 fully saturated rings. The summed E-state index contributed by atoms with van der Waals surface area (Å²) in [6.07, 6.45) is 4.85. The van der Waals surface area contributed by atoms with Gasteiger partial charge in [-0.2, -0.15) is 0 Å². The zero-order valence-electron chi connectivity index (χ0n) is 7.89. The van der Waals surface area contributed by atoms with Crippen LogP contribution in [0.2, 0.25) is 0 Å². The minimum atomic E-state index is -0.771. The number of nitrogens with two attached hydrogens (primary N) is 1. The molecule has 4 nitrogen and oxygen atoms in total. The minimum Gasteiger partial charge on any atom is -0.481 e. The summed E-state index contributed by atoms with van der Waals surface area (Å²) in [5, 5.41) is 8.45. The standard InChI is InChI=1S/C10H14N2O2/c11-9(2-1-3-10(13)14)8-4-6-12-7-5-8/h4-7,9H,1-3,11H2,(H,13,14)/t9-/m1/s1. The molecule has 0 amide bonds. The van der Waals surface area contributed by atoms with Crippen molar-refractivity contribution in [3.8, 4) is 0 Å². The zero-order chi connectivity index (χ0) is 10.4. The van der Waals surface area contributed by atoms with Crippen LogP contribution in [0.5, 0.6) is 0 Å². The molecule has 0 saturated heterocycles. The van der Waals surface area contributed by atoms with Crippen molar-refractivity contribution in [3.63, 3.8) is 0 Å². The van der Waals surface area contributed by atoms with E-state index in [4.69, 9.17) is 10.8 Å². The van der Waals surface area contributed by atoms with Crippen molar-refractivity contribution >= 4 is 5.97 Å². The Bertz CT molecular complexity index is 287. The van der Waals surface area contributed by atoms with Crippen molar-refractivity contribution in [2.75, 3.05) is 0 Å². The van der Waals surface area contributed by atoms with Crippen molar-refractivity contribution in [2.45, 2.75) is 25.3 Å². The zero-order valence-corrected chi connectivity index (χ0v) is 7.89. The van der Waals surface area contributed by atoms with E-state index in [1.807, 2.05) is 12.1 Å². The third kappa shape index (κ3) is 3.53. The molecule has 76 valence electrons. The highest BCUT2D eigenvalue weighted by atomic mass is 16.4. The fourth-order valence-electron chi connectivity index (χ4n) is 1.25. The number of aliphatic carboxylic acids is 1. The van der Waals surface area contributed by atoms with Gasteiger partial charge in [-0.3, -0.25) is 9.78 Å². The second-order valence-electron chi connectivity index (χ2n) is 3.17. The van der Waals surface area contributed by atoms with Gasteiger partial charge >= 0.3 is 5.97 Å². The summed E-state index contributed by atoms with van der Waals surface area (Å²) in [5.41, 5.74) is 6.87. The quantitative estimate of drug-likeness (QED) is 0.741. The van der Waals surface area contributed by atoms with Crippen LogP contribution in [0, 0.1) is 0 Å². The van der Waals surface area contributed by atoms with Gasteiger partial charge in [0.2, 0.25) is 0 Å². The van der Waals surface area contributed by atoms with Gasteiger partial charge in [0, 0.05) is 24.9 Å². The second kappa shape index (κ2) is 5.34. The van der Waals surface area contributed by atoms with Crippen molar-refractivity contribution in [1.82, 2.24) is 4.98 Å². The Balaban J connectivity index is 2.36. The average molecular weight is 194 g/mol. The highest BCUT2D eigenvalue weighted by Crippen LogP contribution is 2.15. The molecule has 1 aromatic rings. The van der Waals surface area contributed by atoms with Crippen molar-refractivity contribution in [1.29, 1.82) is 0 Å². The maximum Gasteiger partial charge on any atom is 0.303 e. The predicted molar refractivity (Wildman–Crippen MR) is 52.7 cm³/mol. The summed E-state index contributed by atoms with van der Waals surface area (Å²) in [6.45, 7) is 0. The second-order valence-corrected chi connectivity index (χ2v) is 3.17. The normalized spacial score (nSPS) is 12.4. The molecular formula is C10H14N2O2. The average Bonchev–Trinajstić information content (AvgIpc) is 2.18. The Hall–Kier alpha value is -1.42. The number of rotatable bonds is 5. The van der Waals surface area contributed by atoms with Gasteiger partial charge in [0.05, 0.1) is 0 Å². The first kappa shape index (κ1) is 10.7. The molecule has 14 heavy (non-hydrogen) atoms. The van der Waals surface area contributed by atoms with E-state index in [1.165, 1.54) is 0 Å². The molecule has 3 N–H and O–H groups in total. The number of aromatic nitrogens is 1. The predicted octanol–water partition coefficient (Wildman–Crippen LogP) is 1.34. The van der Waals surface area contributed by atoms with Crippen LogP contribution in [0.25, 0.3) is 0 Å².